The molecule has 0 saturated carbocycles. The van der Waals surface area contributed by atoms with Crippen LogP contribution in [-0.4, -0.2) is 28.6 Å². The Labute approximate surface area is 180 Å². The van der Waals surface area contributed by atoms with Gasteiger partial charge in [-0.1, -0.05) is 48.5 Å². The van der Waals surface area contributed by atoms with E-state index in [0.717, 1.165) is 22.5 Å². The molecule has 3 aromatic carbocycles. The highest BCUT2D eigenvalue weighted by molar-refractivity contribution is 5.95. The summed E-state index contributed by atoms with van der Waals surface area (Å²) in [6.45, 7) is 0.324. The number of nitrogens with zero attached hydrogens (tertiary/aromatic N) is 2. The number of rotatable bonds is 6. The van der Waals surface area contributed by atoms with Crippen molar-refractivity contribution in [2.75, 3.05) is 7.05 Å². The Hall–Kier alpha value is -4.19. The van der Waals surface area contributed by atoms with Crippen LogP contribution < -0.4 is 10.6 Å². The van der Waals surface area contributed by atoms with Crippen molar-refractivity contribution in [3.63, 3.8) is 0 Å². The van der Waals surface area contributed by atoms with Gasteiger partial charge in [-0.15, -0.1) is 0 Å². The molecule has 0 unspecified atom stereocenters. The first kappa shape index (κ1) is 20.1. The third kappa shape index (κ3) is 4.53. The average Bonchev–Trinajstić information content (AvgIpc) is 3.33. The van der Waals surface area contributed by atoms with Crippen molar-refractivity contribution < 1.29 is 9.59 Å². The van der Waals surface area contributed by atoms with Gasteiger partial charge in [-0.25, -0.2) is 4.68 Å². The lowest BCUT2D eigenvalue weighted by atomic mass is 10.1. The second-order valence-electron chi connectivity index (χ2n) is 7.01. The number of hydrogen-bond acceptors (Lipinski definition) is 3. The topological polar surface area (TPSA) is 76.0 Å². The van der Waals surface area contributed by atoms with Crippen LogP contribution in [0.25, 0.3) is 16.9 Å². The van der Waals surface area contributed by atoms with Crippen molar-refractivity contribution in [2.45, 2.75) is 6.54 Å². The minimum atomic E-state index is -0.194. The number of aromatic nitrogens is 2. The van der Waals surface area contributed by atoms with Gasteiger partial charge in [-0.05, 0) is 42.0 Å². The van der Waals surface area contributed by atoms with Crippen LogP contribution in [0.4, 0.5) is 0 Å². The highest BCUT2D eigenvalue weighted by atomic mass is 16.2. The van der Waals surface area contributed by atoms with Crippen LogP contribution in [0.3, 0.4) is 0 Å². The SMILES string of the molecule is CNC(=O)c1cccc(CNC(=O)c2cccc(-n3nccc3-c3ccccc3)c2)c1. The fourth-order valence-corrected chi connectivity index (χ4v) is 3.37. The lowest BCUT2D eigenvalue weighted by Gasteiger charge is -2.10. The smallest absolute Gasteiger partial charge is 0.251 e. The number of benzene rings is 3. The molecule has 4 aromatic rings. The first-order valence-corrected chi connectivity index (χ1v) is 9.95. The lowest BCUT2D eigenvalue weighted by Crippen LogP contribution is -2.23. The van der Waals surface area contributed by atoms with Crippen molar-refractivity contribution in [3.8, 4) is 16.9 Å². The van der Waals surface area contributed by atoms with Gasteiger partial charge in [0.25, 0.3) is 11.8 Å². The van der Waals surface area contributed by atoms with Crippen molar-refractivity contribution >= 4 is 11.8 Å². The lowest BCUT2D eigenvalue weighted by molar-refractivity contribution is 0.0948. The van der Waals surface area contributed by atoms with Crippen LogP contribution in [0.15, 0.2) is 91.1 Å². The molecule has 0 aliphatic carbocycles. The van der Waals surface area contributed by atoms with Crippen LogP contribution in [0.1, 0.15) is 26.3 Å². The van der Waals surface area contributed by atoms with Crippen LogP contribution in [0.5, 0.6) is 0 Å². The quantitative estimate of drug-likeness (QED) is 0.507. The summed E-state index contributed by atoms with van der Waals surface area (Å²) in [5.74, 6) is -0.352. The maximum absolute atomic E-state index is 12.7. The molecule has 31 heavy (non-hydrogen) atoms. The van der Waals surface area contributed by atoms with Crippen molar-refractivity contribution in [2.24, 2.45) is 0 Å². The fraction of sp³-hybridized carbons (Fsp3) is 0.0800. The molecule has 1 aromatic heterocycles. The van der Waals surface area contributed by atoms with Crippen LogP contribution in [-0.2, 0) is 6.54 Å². The molecular weight excluding hydrogens is 388 g/mol. The number of nitrogens with one attached hydrogen (secondary N) is 2. The maximum atomic E-state index is 12.7. The van der Waals surface area contributed by atoms with Gasteiger partial charge in [-0.3, -0.25) is 9.59 Å². The zero-order valence-electron chi connectivity index (χ0n) is 17.1. The van der Waals surface area contributed by atoms with E-state index in [4.69, 9.17) is 0 Å². The summed E-state index contributed by atoms with van der Waals surface area (Å²) in [7, 11) is 1.59. The van der Waals surface area contributed by atoms with Crippen molar-refractivity contribution in [3.05, 3.63) is 108 Å². The Morgan fingerprint density at radius 3 is 2.35 bits per heavy atom. The molecule has 1 heterocycles. The van der Waals surface area contributed by atoms with Crippen molar-refractivity contribution in [1.29, 1.82) is 0 Å². The molecule has 6 heteroatoms. The molecule has 6 nitrogen and oxygen atoms in total. The van der Waals surface area contributed by atoms with E-state index in [0.29, 0.717) is 17.7 Å². The predicted octanol–water partition coefficient (Wildman–Crippen LogP) is 3.83. The van der Waals surface area contributed by atoms with Gasteiger partial charge in [0.05, 0.1) is 17.6 Å². The first-order valence-electron chi connectivity index (χ1n) is 9.95. The zero-order valence-corrected chi connectivity index (χ0v) is 17.1. The van der Waals surface area contributed by atoms with E-state index in [1.807, 2.05) is 65.3 Å². The Kier molecular flexibility index (Phi) is 5.89. The van der Waals surface area contributed by atoms with Crippen LogP contribution in [0, 0.1) is 0 Å². The Morgan fingerprint density at radius 1 is 0.839 bits per heavy atom. The van der Waals surface area contributed by atoms with Gasteiger partial charge in [0.2, 0.25) is 0 Å². The summed E-state index contributed by atoms with van der Waals surface area (Å²) in [4.78, 5) is 24.5. The average molecular weight is 410 g/mol. The van der Waals surface area contributed by atoms with Gasteiger partial charge < -0.3 is 10.6 Å². The molecule has 0 aliphatic heterocycles. The monoisotopic (exact) mass is 410 g/mol. The van der Waals surface area contributed by atoms with Crippen LogP contribution in [0.2, 0.25) is 0 Å². The summed E-state index contributed by atoms with van der Waals surface area (Å²) in [5, 5.41) is 9.96. The predicted molar refractivity (Wildman–Crippen MR) is 120 cm³/mol. The maximum Gasteiger partial charge on any atom is 0.251 e. The van der Waals surface area contributed by atoms with Crippen LogP contribution >= 0.6 is 0 Å². The van der Waals surface area contributed by atoms with Gasteiger partial charge in [0, 0.05) is 30.3 Å². The molecule has 0 radical (unpaired) electrons. The standard InChI is InChI=1S/C25H22N4O2/c1-26-24(30)20-10-5-7-18(15-20)17-27-25(31)21-11-6-12-22(16-21)29-23(13-14-28-29)19-8-3-2-4-9-19/h2-16H,17H2,1H3,(H,26,30)(H,27,31). The summed E-state index contributed by atoms with van der Waals surface area (Å²) < 4.78 is 1.82. The normalized spacial score (nSPS) is 10.5. The summed E-state index contributed by atoms with van der Waals surface area (Å²) >= 11 is 0. The molecule has 0 aliphatic rings. The number of hydrogen-bond donors (Lipinski definition) is 2. The van der Waals surface area contributed by atoms with E-state index in [9.17, 15) is 9.59 Å². The second kappa shape index (κ2) is 9.09. The molecule has 0 saturated heterocycles. The molecule has 4 rings (SSSR count). The highest BCUT2D eigenvalue weighted by Crippen LogP contribution is 2.22. The minimum Gasteiger partial charge on any atom is -0.355 e. The van der Waals surface area contributed by atoms with E-state index >= 15 is 0 Å². The summed E-state index contributed by atoms with van der Waals surface area (Å²) in [6, 6.07) is 26.5. The molecule has 0 spiro atoms. The van der Waals surface area contributed by atoms with Gasteiger partial charge in [-0.2, -0.15) is 5.10 Å². The number of amides is 2. The van der Waals surface area contributed by atoms with E-state index in [2.05, 4.69) is 15.7 Å². The van der Waals surface area contributed by atoms with E-state index in [1.165, 1.54) is 0 Å². The Bertz CT molecular complexity index is 1210. The number of carbonyl (C=O) groups is 2. The zero-order chi connectivity index (χ0) is 21.6. The molecule has 2 amide bonds. The van der Waals surface area contributed by atoms with E-state index in [1.54, 1.807) is 37.5 Å². The third-order valence-electron chi connectivity index (χ3n) is 4.93. The summed E-state index contributed by atoms with van der Waals surface area (Å²) in [5.41, 5.74) is 4.75. The number of carbonyl (C=O) groups excluding carboxylic acids is 2. The van der Waals surface area contributed by atoms with Gasteiger partial charge in [0.1, 0.15) is 0 Å². The fourth-order valence-electron chi connectivity index (χ4n) is 3.37. The van der Waals surface area contributed by atoms with Crippen molar-refractivity contribution in [1.82, 2.24) is 20.4 Å². The van der Waals surface area contributed by atoms with E-state index in [-0.39, 0.29) is 11.8 Å². The minimum absolute atomic E-state index is 0.158. The molecule has 0 fully saturated rings. The largest absolute Gasteiger partial charge is 0.355 e. The Balaban J connectivity index is 1.51. The third-order valence-corrected chi connectivity index (χ3v) is 4.93. The molecule has 2 N–H and O–H groups in total. The molecule has 0 bridgehead atoms. The highest BCUT2D eigenvalue weighted by Gasteiger charge is 2.11. The molecular formula is C25H22N4O2. The van der Waals surface area contributed by atoms with Gasteiger partial charge >= 0.3 is 0 Å². The first-order chi connectivity index (χ1) is 15.2. The molecule has 154 valence electrons. The Morgan fingerprint density at radius 2 is 1.58 bits per heavy atom. The summed E-state index contributed by atoms with van der Waals surface area (Å²) in [6.07, 6.45) is 1.74. The van der Waals surface area contributed by atoms with E-state index < -0.39 is 0 Å². The second-order valence-corrected chi connectivity index (χ2v) is 7.01. The molecule has 0 atom stereocenters. The van der Waals surface area contributed by atoms with Gasteiger partial charge in [0.15, 0.2) is 0 Å².